The summed E-state index contributed by atoms with van der Waals surface area (Å²) in [6.07, 6.45) is 3.27. The first-order chi connectivity index (χ1) is 13.9. The van der Waals surface area contributed by atoms with Crippen LogP contribution in [0.25, 0.3) is 22.0 Å². The number of rotatable bonds is 5. The fraction of sp³-hybridized carbons (Fsp3) is 0.190. The van der Waals surface area contributed by atoms with Gasteiger partial charge in [0.25, 0.3) is 5.91 Å². The van der Waals surface area contributed by atoms with Gasteiger partial charge < -0.3 is 15.7 Å². The van der Waals surface area contributed by atoms with E-state index in [2.05, 4.69) is 15.6 Å². The number of halogens is 2. The van der Waals surface area contributed by atoms with E-state index in [1.54, 1.807) is 7.05 Å². The lowest BCUT2D eigenvalue weighted by Gasteiger charge is -2.14. The van der Waals surface area contributed by atoms with Crippen molar-refractivity contribution in [1.29, 1.82) is 0 Å². The molecular formula is C21H17F2N3O3. The summed E-state index contributed by atoms with van der Waals surface area (Å²) in [5.74, 6) is -3.27. The van der Waals surface area contributed by atoms with E-state index in [9.17, 15) is 18.4 Å². The highest BCUT2D eigenvalue weighted by molar-refractivity contribution is 6.08. The minimum Gasteiger partial charge on any atom is -0.478 e. The van der Waals surface area contributed by atoms with Crippen molar-refractivity contribution < 1.29 is 23.5 Å². The van der Waals surface area contributed by atoms with Crippen molar-refractivity contribution >= 4 is 28.5 Å². The molecule has 1 amide bonds. The van der Waals surface area contributed by atoms with E-state index in [0.29, 0.717) is 22.2 Å². The number of fused-ring (bicyclic) bond motifs is 1. The summed E-state index contributed by atoms with van der Waals surface area (Å²) in [5.41, 5.74) is 0.912. The maximum Gasteiger partial charge on any atom is 0.338 e. The van der Waals surface area contributed by atoms with Crippen LogP contribution >= 0.6 is 0 Å². The normalized spacial score (nSPS) is 13.3. The van der Waals surface area contributed by atoms with Gasteiger partial charge in [-0.3, -0.25) is 9.78 Å². The smallest absolute Gasteiger partial charge is 0.338 e. The van der Waals surface area contributed by atoms with Gasteiger partial charge in [-0.2, -0.15) is 0 Å². The van der Waals surface area contributed by atoms with Crippen LogP contribution in [0.15, 0.2) is 36.5 Å². The Labute approximate surface area is 164 Å². The maximum absolute atomic E-state index is 14.7. The Balaban J connectivity index is 1.85. The number of amides is 1. The molecule has 3 aromatic rings. The number of carboxylic acid groups (broad SMARTS) is 1. The van der Waals surface area contributed by atoms with Crippen LogP contribution in [0.4, 0.5) is 14.5 Å². The van der Waals surface area contributed by atoms with Crippen LogP contribution in [0, 0.1) is 11.6 Å². The van der Waals surface area contributed by atoms with Gasteiger partial charge in [-0.05, 0) is 36.6 Å². The summed E-state index contributed by atoms with van der Waals surface area (Å²) in [6.45, 7) is 0. The molecule has 1 fully saturated rings. The number of nitrogens with zero attached hydrogens (tertiary/aromatic N) is 1. The molecule has 1 aromatic heterocycles. The number of aromatic carboxylic acids is 1. The largest absolute Gasteiger partial charge is 0.478 e. The van der Waals surface area contributed by atoms with E-state index in [1.165, 1.54) is 24.4 Å². The van der Waals surface area contributed by atoms with E-state index < -0.39 is 23.2 Å². The summed E-state index contributed by atoms with van der Waals surface area (Å²) in [5, 5.41) is 15.3. The molecule has 0 spiro atoms. The fourth-order valence-electron chi connectivity index (χ4n) is 3.22. The zero-order chi connectivity index (χ0) is 20.7. The highest BCUT2D eigenvalue weighted by Crippen LogP contribution is 2.33. The van der Waals surface area contributed by atoms with E-state index in [0.717, 1.165) is 25.0 Å². The minimum absolute atomic E-state index is 0.0754. The predicted octanol–water partition coefficient (Wildman–Crippen LogP) is 3.81. The van der Waals surface area contributed by atoms with E-state index in [4.69, 9.17) is 5.11 Å². The molecule has 0 radical (unpaired) electrons. The lowest BCUT2D eigenvalue weighted by molar-refractivity contribution is 0.0691. The lowest BCUT2D eigenvalue weighted by Crippen LogP contribution is -2.26. The van der Waals surface area contributed by atoms with Crippen molar-refractivity contribution in [2.24, 2.45) is 0 Å². The fourth-order valence-corrected chi connectivity index (χ4v) is 3.22. The molecule has 0 bridgehead atoms. The second-order valence-corrected chi connectivity index (χ2v) is 6.89. The first-order valence-electron chi connectivity index (χ1n) is 9.03. The molecule has 0 aliphatic heterocycles. The van der Waals surface area contributed by atoms with Crippen molar-refractivity contribution in [3.63, 3.8) is 0 Å². The molecule has 29 heavy (non-hydrogen) atoms. The van der Waals surface area contributed by atoms with E-state index >= 15 is 0 Å². The number of carbonyl (C=O) groups excluding carboxylic acids is 1. The van der Waals surface area contributed by atoms with Gasteiger partial charge in [0.2, 0.25) is 0 Å². The molecule has 0 atom stereocenters. The third kappa shape index (κ3) is 3.49. The van der Waals surface area contributed by atoms with Crippen LogP contribution in [0.1, 0.15) is 33.6 Å². The Hall–Kier alpha value is -3.55. The molecule has 0 unspecified atom stereocenters. The van der Waals surface area contributed by atoms with Gasteiger partial charge in [-0.1, -0.05) is 6.07 Å². The Morgan fingerprint density at radius 3 is 2.48 bits per heavy atom. The third-order valence-electron chi connectivity index (χ3n) is 4.87. The number of nitrogens with one attached hydrogen (secondary N) is 2. The van der Waals surface area contributed by atoms with E-state index in [-0.39, 0.29) is 23.1 Å². The van der Waals surface area contributed by atoms with Crippen LogP contribution in [-0.4, -0.2) is 35.1 Å². The summed E-state index contributed by atoms with van der Waals surface area (Å²) < 4.78 is 28.8. The van der Waals surface area contributed by atoms with Crippen molar-refractivity contribution in [2.75, 3.05) is 12.4 Å². The van der Waals surface area contributed by atoms with Crippen molar-refractivity contribution in [1.82, 2.24) is 10.3 Å². The second-order valence-electron chi connectivity index (χ2n) is 6.89. The lowest BCUT2D eigenvalue weighted by atomic mass is 9.99. The Morgan fingerprint density at radius 1 is 1.10 bits per heavy atom. The topological polar surface area (TPSA) is 91.3 Å². The van der Waals surface area contributed by atoms with Gasteiger partial charge in [0.1, 0.15) is 11.6 Å². The molecule has 8 heteroatoms. The van der Waals surface area contributed by atoms with Crippen molar-refractivity contribution in [2.45, 2.75) is 18.9 Å². The summed E-state index contributed by atoms with van der Waals surface area (Å²) in [4.78, 5) is 27.7. The van der Waals surface area contributed by atoms with Crippen LogP contribution in [-0.2, 0) is 0 Å². The number of aromatic nitrogens is 1. The number of hydrogen-bond donors (Lipinski definition) is 3. The molecule has 2 aromatic carbocycles. The minimum atomic E-state index is -1.40. The molecule has 3 N–H and O–H groups in total. The molecular weight excluding hydrogens is 380 g/mol. The van der Waals surface area contributed by atoms with Crippen LogP contribution in [0.2, 0.25) is 0 Å². The summed E-state index contributed by atoms with van der Waals surface area (Å²) in [7, 11) is 1.65. The van der Waals surface area contributed by atoms with Crippen molar-refractivity contribution in [3.05, 3.63) is 59.3 Å². The van der Waals surface area contributed by atoms with Gasteiger partial charge in [0.05, 0.1) is 22.3 Å². The molecule has 4 rings (SSSR count). The number of carboxylic acids is 1. The zero-order valence-electron chi connectivity index (χ0n) is 15.4. The van der Waals surface area contributed by atoms with Crippen LogP contribution in [0.3, 0.4) is 0 Å². The Bertz CT molecular complexity index is 1160. The summed E-state index contributed by atoms with van der Waals surface area (Å²) in [6, 6.07) is 6.26. The molecule has 6 nitrogen and oxygen atoms in total. The third-order valence-corrected chi connectivity index (χ3v) is 4.87. The standard InChI is InChI=1S/C21H17F2N3O3/c1-24-19-14-7-13(10-2-5-12(21(28)29)16(22)6-10)17(23)8-18(14)25-9-15(19)20(27)26-11-3-4-11/h2,5-9,11H,3-4H2,1H3,(H,24,25)(H,26,27)(H,28,29). The van der Waals surface area contributed by atoms with Crippen molar-refractivity contribution in [3.8, 4) is 11.1 Å². The number of carbonyl (C=O) groups is 2. The average molecular weight is 397 g/mol. The van der Waals surface area contributed by atoms with Gasteiger partial charge in [0.15, 0.2) is 0 Å². The molecule has 1 saturated carbocycles. The second kappa shape index (κ2) is 7.12. The highest BCUT2D eigenvalue weighted by atomic mass is 19.1. The monoisotopic (exact) mass is 397 g/mol. The molecule has 1 aliphatic rings. The molecule has 1 aliphatic carbocycles. The maximum atomic E-state index is 14.7. The quantitative estimate of drug-likeness (QED) is 0.609. The van der Waals surface area contributed by atoms with Gasteiger partial charge in [-0.25, -0.2) is 13.6 Å². The first kappa shape index (κ1) is 18.8. The summed E-state index contributed by atoms with van der Waals surface area (Å²) >= 11 is 0. The molecule has 1 heterocycles. The van der Waals surface area contributed by atoms with Gasteiger partial charge in [-0.15, -0.1) is 0 Å². The van der Waals surface area contributed by atoms with Crippen LogP contribution < -0.4 is 10.6 Å². The number of anilines is 1. The first-order valence-corrected chi connectivity index (χ1v) is 9.03. The zero-order valence-corrected chi connectivity index (χ0v) is 15.4. The number of hydrogen-bond acceptors (Lipinski definition) is 4. The Morgan fingerprint density at radius 2 is 1.86 bits per heavy atom. The van der Waals surface area contributed by atoms with Crippen LogP contribution in [0.5, 0.6) is 0 Å². The van der Waals surface area contributed by atoms with Gasteiger partial charge >= 0.3 is 5.97 Å². The average Bonchev–Trinajstić information content (AvgIpc) is 3.49. The predicted molar refractivity (Wildman–Crippen MR) is 104 cm³/mol. The Kier molecular flexibility index (Phi) is 4.62. The molecule has 148 valence electrons. The highest BCUT2D eigenvalue weighted by Gasteiger charge is 2.26. The van der Waals surface area contributed by atoms with Gasteiger partial charge in [0, 0.05) is 36.3 Å². The molecule has 0 saturated heterocycles. The number of pyridine rings is 1. The number of benzene rings is 2. The SMILES string of the molecule is CNc1c(C(=O)NC2CC2)cnc2cc(F)c(-c3ccc(C(=O)O)c(F)c3)cc12. The van der Waals surface area contributed by atoms with E-state index in [1.807, 2.05) is 0 Å².